The molecule has 0 saturated heterocycles. The molecule has 0 fully saturated rings. The molecule has 0 bridgehead atoms. The fourth-order valence-electron chi connectivity index (χ4n) is 2.28. The minimum absolute atomic E-state index is 0.236. The first-order valence-corrected chi connectivity index (χ1v) is 10.1. The van der Waals surface area contributed by atoms with Crippen molar-refractivity contribution in [2.45, 2.75) is 4.90 Å². The van der Waals surface area contributed by atoms with Gasteiger partial charge in [-0.05, 0) is 36.4 Å². The van der Waals surface area contributed by atoms with Gasteiger partial charge in [0.2, 0.25) is 0 Å². The number of carbonyl (C=O) groups is 1. The molecule has 1 aromatic heterocycles. The van der Waals surface area contributed by atoms with E-state index in [4.69, 9.17) is 0 Å². The molecule has 8 heteroatoms. The van der Waals surface area contributed by atoms with Crippen molar-refractivity contribution in [1.82, 2.24) is 4.98 Å². The van der Waals surface area contributed by atoms with Crippen molar-refractivity contribution in [3.05, 3.63) is 48.0 Å². The Morgan fingerprint density at radius 2 is 1.92 bits per heavy atom. The fourth-order valence-corrected chi connectivity index (χ4v) is 3.91. The zero-order chi connectivity index (χ0) is 18.2. The number of anilines is 2. The zero-order valence-corrected chi connectivity index (χ0v) is 15.6. The van der Waals surface area contributed by atoms with Gasteiger partial charge in [-0.1, -0.05) is 17.4 Å². The first-order chi connectivity index (χ1) is 11.7. The lowest BCUT2D eigenvalue weighted by molar-refractivity contribution is 0.102. The van der Waals surface area contributed by atoms with Crippen LogP contribution in [0.2, 0.25) is 0 Å². The highest BCUT2D eigenvalue weighted by Gasteiger charge is 2.13. The van der Waals surface area contributed by atoms with Gasteiger partial charge in [-0.2, -0.15) is 0 Å². The van der Waals surface area contributed by atoms with E-state index < -0.39 is 9.84 Å². The largest absolute Gasteiger partial charge is 0.378 e. The summed E-state index contributed by atoms with van der Waals surface area (Å²) in [7, 11) is 0.536. The Morgan fingerprint density at radius 3 is 2.60 bits per heavy atom. The van der Waals surface area contributed by atoms with Gasteiger partial charge in [-0.25, -0.2) is 13.4 Å². The second-order valence-electron chi connectivity index (χ2n) is 5.82. The van der Waals surface area contributed by atoms with Crippen LogP contribution in [0.25, 0.3) is 10.2 Å². The minimum Gasteiger partial charge on any atom is -0.378 e. The number of nitrogens with one attached hydrogen (secondary N) is 1. The number of rotatable bonds is 4. The highest BCUT2D eigenvalue weighted by Crippen LogP contribution is 2.28. The van der Waals surface area contributed by atoms with Gasteiger partial charge in [0.1, 0.15) is 0 Å². The van der Waals surface area contributed by atoms with Gasteiger partial charge in [-0.15, -0.1) is 0 Å². The number of thiazole rings is 1. The number of fused-ring (bicyclic) bond motifs is 1. The Hall–Kier alpha value is -2.45. The second-order valence-corrected chi connectivity index (χ2v) is 8.87. The van der Waals surface area contributed by atoms with Crippen LogP contribution < -0.4 is 10.2 Å². The molecule has 0 atom stereocenters. The maximum absolute atomic E-state index is 12.4. The molecule has 3 rings (SSSR count). The molecule has 2 aromatic carbocycles. The number of nitrogens with zero attached hydrogens (tertiary/aromatic N) is 2. The average Bonchev–Trinajstić information content (AvgIpc) is 2.95. The Morgan fingerprint density at radius 1 is 1.16 bits per heavy atom. The number of amides is 1. The van der Waals surface area contributed by atoms with Crippen LogP contribution in [0, 0.1) is 0 Å². The van der Waals surface area contributed by atoms with Gasteiger partial charge in [0.05, 0.1) is 15.1 Å². The van der Waals surface area contributed by atoms with Crippen molar-refractivity contribution >= 4 is 48.1 Å². The quantitative estimate of drug-likeness (QED) is 0.758. The second kappa shape index (κ2) is 6.45. The molecule has 0 unspecified atom stereocenters. The standard InChI is InChI=1S/C17H17N3O3S2/c1-20(2)12-6-4-5-11(9-12)16(21)19-17-18-14-8-7-13(25(3,22)23)10-15(14)24-17/h4-10H,1-3H3,(H,18,19,21). The normalized spacial score (nSPS) is 11.5. The highest BCUT2D eigenvalue weighted by molar-refractivity contribution is 7.90. The molecule has 3 aromatic rings. The lowest BCUT2D eigenvalue weighted by Gasteiger charge is -2.13. The van der Waals surface area contributed by atoms with Crippen LogP contribution in [0.5, 0.6) is 0 Å². The Kier molecular flexibility index (Phi) is 4.49. The maximum atomic E-state index is 12.4. The van der Waals surface area contributed by atoms with Crippen molar-refractivity contribution in [2.75, 3.05) is 30.6 Å². The summed E-state index contributed by atoms with van der Waals surface area (Å²) < 4.78 is 24.0. The predicted molar refractivity (Wildman–Crippen MR) is 101 cm³/mol. The van der Waals surface area contributed by atoms with Gasteiger partial charge in [0, 0.05) is 31.6 Å². The van der Waals surface area contributed by atoms with Crippen LogP contribution in [0.4, 0.5) is 10.8 Å². The number of aromatic nitrogens is 1. The van der Waals surface area contributed by atoms with Crippen LogP contribution in [0.3, 0.4) is 0 Å². The third kappa shape index (κ3) is 3.80. The summed E-state index contributed by atoms with van der Waals surface area (Å²) in [5.74, 6) is -0.258. The number of benzene rings is 2. The van der Waals surface area contributed by atoms with Crippen LogP contribution >= 0.6 is 11.3 Å². The lowest BCUT2D eigenvalue weighted by atomic mass is 10.2. The average molecular weight is 375 g/mol. The smallest absolute Gasteiger partial charge is 0.257 e. The van der Waals surface area contributed by atoms with Crippen LogP contribution in [-0.4, -0.2) is 39.7 Å². The summed E-state index contributed by atoms with van der Waals surface area (Å²) >= 11 is 1.24. The summed E-state index contributed by atoms with van der Waals surface area (Å²) in [6, 6.07) is 12.0. The topological polar surface area (TPSA) is 79.4 Å². The number of sulfone groups is 1. The molecule has 6 nitrogen and oxygen atoms in total. The molecule has 130 valence electrons. The molecule has 0 spiro atoms. The zero-order valence-electron chi connectivity index (χ0n) is 14.0. The van der Waals surface area contributed by atoms with E-state index in [1.165, 1.54) is 17.4 Å². The fraction of sp³-hybridized carbons (Fsp3) is 0.176. The van der Waals surface area contributed by atoms with E-state index >= 15 is 0 Å². The molecule has 25 heavy (non-hydrogen) atoms. The summed E-state index contributed by atoms with van der Waals surface area (Å²) in [5.41, 5.74) is 2.10. The first kappa shape index (κ1) is 17.4. The predicted octanol–water partition coefficient (Wildman–Crippen LogP) is 3.02. The number of carbonyl (C=O) groups excluding carboxylic acids is 1. The van der Waals surface area contributed by atoms with Gasteiger partial charge in [0.15, 0.2) is 15.0 Å². The maximum Gasteiger partial charge on any atom is 0.257 e. The monoisotopic (exact) mass is 375 g/mol. The van der Waals surface area contributed by atoms with Gasteiger partial charge >= 0.3 is 0 Å². The van der Waals surface area contributed by atoms with Crippen LogP contribution in [0.15, 0.2) is 47.4 Å². The third-order valence-electron chi connectivity index (χ3n) is 3.63. The summed E-state index contributed by atoms with van der Waals surface area (Å²) in [5, 5.41) is 3.20. The first-order valence-electron chi connectivity index (χ1n) is 7.43. The van der Waals surface area contributed by atoms with Gasteiger partial charge in [-0.3, -0.25) is 10.1 Å². The highest BCUT2D eigenvalue weighted by atomic mass is 32.2. The molecule has 1 N–H and O–H groups in total. The number of hydrogen-bond acceptors (Lipinski definition) is 6. The molecule has 0 radical (unpaired) electrons. The molecule has 0 aliphatic carbocycles. The summed E-state index contributed by atoms with van der Waals surface area (Å²) in [4.78, 5) is 18.9. The molecular weight excluding hydrogens is 358 g/mol. The molecule has 1 amide bonds. The van der Waals surface area contributed by atoms with Crippen molar-refractivity contribution < 1.29 is 13.2 Å². The van der Waals surface area contributed by atoms with E-state index in [1.807, 2.05) is 31.1 Å². The molecule has 1 heterocycles. The van der Waals surface area contributed by atoms with Crippen molar-refractivity contribution in [3.63, 3.8) is 0 Å². The molecule has 0 aliphatic rings. The van der Waals surface area contributed by atoms with E-state index in [0.29, 0.717) is 20.9 Å². The van der Waals surface area contributed by atoms with Crippen molar-refractivity contribution in [3.8, 4) is 0 Å². The van der Waals surface area contributed by atoms with Crippen molar-refractivity contribution in [2.24, 2.45) is 0 Å². The lowest BCUT2D eigenvalue weighted by Crippen LogP contribution is -2.14. The van der Waals surface area contributed by atoms with Gasteiger partial charge < -0.3 is 4.90 Å². The SMILES string of the molecule is CN(C)c1cccc(C(=O)Nc2nc3ccc(S(C)(=O)=O)cc3s2)c1. The summed E-state index contributed by atoms with van der Waals surface area (Å²) in [6.45, 7) is 0. The van der Waals surface area contributed by atoms with E-state index in [-0.39, 0.29) is 10.8 Å². The molecule has 0 aliphatic heterocycles. The summed E-state index contributed by atoms with van der Waals surface area (Å²) in [6.07, 6.45) is 1.16. The van der Waals surface area contributed by atoms with Crippen LogP contribution in [-0.2, 0) is 9.84 Å². The Bertz CT molecular complexity index is 1060. The number of hydrogen-bond donors (Lipinski definition) is 1. The Labute approximate surface area is 150 Å². The Balaban J connectivity index is 1.87. The minimum atomic E-state index is -3.28. The van der Waals surface area contributed by atoms with E-state index in [0.717, 1.165) is 11.9 Å². The third-order valence-corrected chi connectivity index (χ3v) is 5.68. The van der Waals surface area contributed by atoms with E-state index in [2.05, 4.69) is 10.3 Å². The van der Waals surface area contributed by atoms with E-state index in [9.17, 15) is 13.2 Å². The van der Waals surface area contributed by atoms with E-state index in [1.54, 1.807) is 24.3 Å². The van der Waals surface area contributed by atoms with Crippen molar-refractivity contribution in [1.29, 1.82) is 0 Å². The van der Waals surface area contributed by atoms with Gasteiger partial charge in [0.25, 0.3) is 5.91 Å². The van der Waals surface area contributed by atoms with Crippen LogP contribution in [0.1, 0.15) is 10.4 Å². The molecular formula is C17H17N3O3S2. The molecule has 0 saturated carbocycles.